The van der Waals surface area contributed by atoms with E-state index in [4.69, 9.17) is 15.2 Å². The van der Waals surface area contributed by atoms with Crippen molar-refractivity contribution in [3.05, 3.63) is 35.9 Å². The molecule has 0 aromatic heterocycles. The van der Waals surface area contributed by atoms with Gasteiger partial charge in [0.15, 0.2) is 5.96 Å². The van der Waals surface area contributed by atoms with Gasteiger partial charge in [0.2, 0.25) is 11.8 Å². The Morgan fingerprint density at radius 1 is 1.13 bits per heavy atom. The van der Waals surface area contributed by atoms with Crippen molar-refractivity contribution in [2.45, 2.75) is 58.3 Å². The molecule has 1 unspecified atom stereocenters. The van der Waals surface area contributed by atoms with Crippen LogP contribution in [0.5, 0.6) is 0 Å². The summed E-state index contributed by atoms with van der Waals surface area (Å²) in [5, 5.41) is 8.26. The molecule has 212 valence electrons. The lowest BCUT2D eigenvalue weighted by molar-refractivity contribution is -0.156. The molecule has 14 heteroatoms. The van der Waals surface area contributed by atoms with Crippen LogP contribution in [0.2, 0.25) is 0 Å². The first-order valence-corrected chi connectivity index (χ1v) is 16.1. The Bertz CT molecular complexity index is 944. The van der Waals surface area contributed by atoms with Crippen molar-refractivity contribution in [2.24, 2.45) is 10.5 Å². The fraction of sp³-hybridized carbons (Fsp3) is 0.542. The van der Waals surface area contributed by atoms with Gasteiger partial charge in [-0.3, -0.25) is 14.4 Å². The molecule has 38 heavy (non-hydrogen) atoms. The van der Waals surface area contributed by atoms with Crippen LogP contribution in [-0.4, -0.2) is 73.1 Å². The Balaban J connectivity index is 2.59. The molecule has 0 radical (unpaired) electrons. The molecule has 0 bridgehead atoms. The lowest BCUT2D eigenvalue weighted by Gasteiger charge is -2.22. The van der Waals surface area contributed by atoms with Gasteiger partial charge in [-0.1, -0.05) is 30.3 Å². The third kappa shape index (κ3) is 15.6. The van der Waals surface area contributed by atoms with Gasteiger partial charge < -0.3 is 36.1 Å². The molecular weight excluding hydrogens is 626 g/mol. The van der Waals surface area contributed by atoms with Gasteiger partial charge in [0, 0.05) is 26.7 Å². The Labute approximate surface area is 238 Å². The van der Waals surface area contributed by atoms with Gasteiger partial charge in [-0.15, -0.1) is 0 Å². The summed E-state index contributed by atoms with van der Waals surface area (Å²) in [5.41, 5.74) is 5.86. The summed E-state index contributed by atoms with van der Waals surface area (Å²) in [7, 11) is 1.56. The number of likely N-dealkylation sites (N-methyl/N-ethyl adjacent to an activating group) is 1. The predicted octanol–water partition coefficient (Wildman–Crippen LogP) is 2.22. The number of halogens is 1. The summed E-state index contributed by atoms with van der Waals surface area (Å²) in [5.74, 6) is -1.45. The highest BCUT2D eigenvalue weighted by Crippen LogP contribution is 2.20. The summed E-state index contributed by atoms with van der Waals surface area (Å²) in [6.45, 7) is 6.03. The zero-order valence-electron chi connectivity index (χ0n) is 22.2. The summed E-state index contributed by atoms with van der Waals surface area (Å²) >= 11 is 2.09. The number of rotatable bonds is 14. The minimum atomic E-state index is -0.897. The van der Waals surface area contributed by atoms with Crippen LogP contribution < -0.4 is 21.7 Å². The standard InChI is InChI=1S/C24H38IN6O6P/c1-24(2,3)37-20(33)15-19(32)29-18(11-8-12-28-22(26)30-38-25)21(34)27-13-14-31(4)23(35)36-16-17-9-6-5-7-10-17/h5-7,9-10,18,38H,8,11-16H2,1-4H3,(H,27,34)(H,29,32)(H3,26,28,30)/t18-/m0/s1. The predicted molar refractivity (Wildman–Crippen MR) is 156 cm³/mol. The molecule has 2 atom stereocenters. The van der Waals surface area contributed by atoms with E-state index < -0.39 is 41.9 Å². The molecule has 0 fully saturated rings. The molecule has 0 saturated heterocycles. The van der Waals surface area contributed by atoms with Crippen molar-refractivity contribution >= 4 is 58.3 Å². The minimum Gasteiger partial charge on any atom is -0.460 e. The van der Waals surface area contributed by atoms with Gasteiger partial charge in [-0.25, -0.2) is 9.56 Å². The first kappa shape index (κ1) is 33.4. The second kappa shape index (κ2) is 17.8. The number of carbonyl (C=O) groups excluding carboxylic acids is 4. The quantitative estimate of drug-likeness (QED) is 0.0448. The van der Waals surface area contributed by atoms with E-state index >= 15 is 0 Å². The maximum Gasteiger partial charge on any atom is 0.409 e. The molecule has 1 rings (SSSR count). The molecule has 5 N–H and O–H groups in total. The average Bonchev–Trinajstić information content (AvgIpc) is 2.83. The molecule has 3 amide bonds. The fourth-order valence-corrected chi connectivity index (χ4v) is 3.97. The van der Waals surface area contributed by atoms with Crippen molar-refractivity contribution < 1.29 is 28.7 Å². The zero-order chi connectivity index (χ0) is 28.6. The van der Waals surface area contributed by atoms with E-state index in [0.717, 1.165) is 5.56 Å². The largest absolute Gasteiger partial charge is 0.460 e. The van der Waals surface area contributed by atoms with Crippen molar-refractivity contribution in [1.82, 2.24) is 20.9 Å². The highest BCUT2D eigenvalue weighted by atomic mass is 127. The molecule has 0 aliphatic heterocycles. The van der Waals surface area contributed by atoms with E-state index in [2.05, 4.69) is 42.8 Å². The number of esters is 1. The number of amides is 3. The number of guanidine groups is 1. The van der Waals surface area contributed by atoms with E-state index in [1.165, 1.54) is 4.90 Å². The minimum absolute atomic E-state index is 0.142. The van der Waals surface area contributed by atoms with Gasteiger partial charge in [0.25, 0.3) is 0 Å². The van der Waals surface area contributed by atoms with Gasteiger partial charge in [-0.05, 0) is 61.2 Å². The fourth-order valence-electron chi connectivity index (χ4n) is 3.02. The van der Waals surface area contributed by atoms with Crippen molar-refractivity contribution in [2.75, 3.05) is 26.7 Å². The van der Waals surface area contributed by atoms with E-state index in [0.29, 0.717) is 18.9 Å². The summed E-state index contributed by atoms with van der Waals surface area (Å²) in [6, 6.07) is 8.40. The zero-order valence-corrected chi connectivity index (χ0v) is 25.4. The number of carbonyl (C=O) groups is 4. The smallest absolute Gasteiger partial charge is 0.409 e. The van der Waals surface area contributed by atoms with Crippen molar-refractivity contribution in [1.29, 1.82) is 0 Å². The van der Waals surface area contributed by atoms with Crippen LogP contribution in [0.1, 0.15) is 45.6 Å². The topological polar surface area (TPSA) is 164 Å². The van der Waals surface area contributed by atoms with E-state index in [-0.39, 0.29) is 32.5 Å². The normalized spacial score (nSPS) is 12.5. The van der Waals surface area contributed by atoms with Gasteiger partial charge in [0.1, 0.15) is 24.7 Å². The van der Waals surface area contributed by atoms with Crippen LogP contribution in [0.4, 0.5) is 4.79 Å². The van der Waals surface area contributed by atoms with Crippen LogP contribution in [0.3, 0.4) is 0 Å². The Morgan fingerprint density at radius 2 is 1.82 bits per heavy atom. The molecule has 0 saturated carbocycles. The molecule has 1 aromatic carbocycles. The lowest BCUT2D eigenvalue weighted by atomic mass is 10.1. The van der Waals surface area contributed by atoms with E-state index in [9.17, 15) is 19.2 Å². The molecular formula is C24H38IN6O6P. The number of benzene rings is 1. The maximum atomic E-state index is 12.8. The van der Waals surface area contributed by atoms with Crippen LogP contribution in [-0.2, 0) is 30.5 Å². The number of nitrogens with one attached hydrogen (secondary N) is 3. The van der Waals surface area contributed by atoms with E-state index in [1.807, 2.05) is 30.3 Å². The maximum absolute atomic E-state index is 12.8. The van der Waals surface area contributed by atoms with E-state index in [1.54, 1.807) is 27.8 Å². The molecule has 0 aliphatic rings. The first-order chi connectivity index (χ1) is 17.9. The van der Waals surface area contributed by atoms with Crippen LogP contribution in [0.25, 0.3) is 0 Å². The number of nitrogens with zero attached hydrogens (tertiary/aromatic N) is 2. The molecule has 0 heterocycles. The first-order valence-electron chi connectivity index (χ1n) is 12.0. The molecule has 0 aliphatic carbocycles. The Hall–Kier alpha value is -2.67. The van der Waals surface area contributed by atoms with Crippen molar-refractivity contribution in [3.8, 4) is 0 Å². The highest BCUT2D eigenvalue weighted by molar-refractivity contribution is 14.2. The Kier molecular flexibility index (Phi) is 15.6. The number of hydrogen-bond acceptors (Lipinski definition) is 7. The number of hydrogen-bond donors (Lipinski definition) is 4. The monoisotopic (exact) mass is 664 g/mol. The average molecular weight is 664 g/mol. The second-order valence-corrected chi connectivity index (χ2v) is 11.1. The van der Waals surface area contributed by atoms with Crippen LogP contribution in [0, 0.1) is 0 Å². The molecule has 12 nitrogen and oxygen atoms in total. The summed E-state index contributed by atoms with van der Waals surface area (Å²) in [6.07, 6.45) is 0.0360. The third-order valence-corrected chi connectivity index (χ3v) is 5.83. The number of nitrogens with two attached hydrogens (primary N) is 1. The molecule has 0 spiro atoms. The van der Waals surface area contributed by atoms with Gasteiger partial charge >= 0.3 is 12.1 Å². The number of ether oxygens (including phenoxy) is 2. The summed E-state index contributed by atoms with van der Waals surface area (Å²) < 4.78 is 14.5. The SMILES string of the molecule is CN(CCNC(=O)[C@H](CCCN/C(N)=N/PI)NC(=O)CC(=O)OC(C)(C)C)C(=O)OCc1ccccc1. The van der Waals surface area contributed by atoms with Gasteiger partial charge in [-0.2, -0.15) is 0 Å². The van der Waals surface area contributed by atoms with Crippen LogP contribution >= 0.6 is 28.4 Å². The summed E-state index contributed by atoms with van der Waals surface area (Å²) in [4.78, 5) is 50.8. The highest BCUT2D eigenvalue weighted by Gasteiger charge is 2.24. The van der Waals surface area contributed by atoms with Crippen molar-refractivity contribution in [3.63, 3.8) is 0 Å². The van der Waals surface area contributed by atoms with Crippen LogP contribution in [0.15, 0.2) is 35.1 Å². The van der Waals surface area contributed by atoms with Gasteiger partial charge in [0.05, 0.1) is 6.37 Å². The molecule has 1 aromatic rings. The second-order valence-electron chi connectivity index (χ2n) is 9.29. The Morgan fingerprint density at radius 3 is 2.45 bits per heavy atom. The lowest BCUT2D eigenvalue weighted by Crippen LogP contribution is -2.49. The third-order valence-electron chi connectivity index (χ3n) is 4.78.